The highest BCUT2D eigenvalue weighted by Crippen LogP contribution is 2.30. The van der Waals surface area contributed by atoms with E-state index in [9.17, 15) is 4.79 Å². The predicted molar refractivity (Wildman–Crippen MR) is 83.1 cm³/mol. The molecule has 0 aliphatic rings. The number of hydrogen-bond donors (Lipinski definition) is 1. The van der Waals surface area contributed by atoms with Crippen molar-refractivity contribution in [2.24, 2.45) is 0 Å². The van der Waals surface area contributed by atoms with E-state index in [0.29, 0.717) is 31.3 Å². The molecule has 1 aromatic carbocycles. The lowest BCUT2D eigenvalue weighted by Gasteiger charge is -2.13. The van der Waals surface area contributed by atoms with Crippen LogP contribution >= 0.6 is 0 Å². The number of nitrogens with one attached hydrogen (secondary N) is 1. The largest absolute Gasteiger partial charge is 0.490 e. The summed E-state index contributed by atoms with van der Waals surface area (Å²) in [6.45, 7) is 7.66. The Morgan fingerprint density at radius 1 is 1.10 bits per heavy atom. The smallest absolute Gasteiger partial charge is 0.325 e. The zero-order chi connectivity index (χ0) is 15.5. The molecule has 1 N–H and O–H groups in total. The van der Waals surface area contributed by atoms with Gasteiger partial charge in [-0.25, -0.2) is 0 Å². The van der Waals surface area contributed by atoms with Crippen molar-refractivity contribution < 1.29 is 19.0 Å². The summed E-state index contributed by atoms with van der Waals surface area (Å²) < 4.78 is 16.1. The fourth-order valence-electron chi connectivity index (χ4n) is 1.72. The van der Waals surface area contributed by atoms with Crippen LogP contribution < -0.4 is 14.8 Å². The molecule has 1 rings (SSSR count). The number of benzene rings is 1. The van der Waals surface area contributed by atoms with E-state index in [4.69, 9.17) is 14.2 Å². The summed E-state index contributed by atoms with van der Waals surface area (Å²) in [6, 6.07) is 5.51. The second-order valence-corrected chi connectivity index (χ2v) is 4.46. The maximum Gasteiger partial charge on any atom is 0.325 e. The maximum atomic E-state index is 11.5. The van der Waals surface area contributed by atoms with Gasteiger partial charge < -0.3 is 19.5 Å². The normalized spacial score (nSPS) is 10.0. The van der Waals surface area contributed by atoms with Crippen LogP contribution in [0.3, 0.4) is 0 Å². The lowest BCUT2D eigenvalue weighted by molar-refractivity contribution is -0.141. The second-order valence-electron chi connectivity index (χ2n) is 4.46. The Balaban J connectivity index is 2.54. The van der Waals surface area contributed by atoms with Crippen LogP contribution in [0.25, 0.3) is 0 Å². The molecule has 0 aliphatic heterocycles. The molecular weight excluding hydrogens is 270 g/mol. The molecule has 0 heterocycles. The molecule has 0 aromatic heterocycles. The zero-order valence-electron chi connectivity index (χ0n) is 13.1. The van der Waals surface area contributed by atoms with Gasteiger partial charge in [0, 0.05) is 11.8 Å². The molecule has 0 radical (unpaired) electrons. The van der Waals surface area contributed by atoms with Crippen LogP contribution in [0.15, 0.2) is 18.2 Å². The average Bonchev–Trinajstić information content (AvgIpc) is 2.48. The number of unbranched alkanes of at least 4 members (excludes halogenated alkanes) is 1. The van der Waals surface area contributed by atoms with E-state index in [2.05, 4.69) is 12.2 Å². The molecule has 0 unspecified atom stereocenters. The Labute approximate surface area is 126 Å². The highest BCUT2D eigenvalue weighted by Gasteiger charge is 2.07. The summed E-state index contributed by atoms with van der Waals surface area (Å²) in [6.07, 6.45) is 1.90. The molecule has 0 amide bonds. The molecule has 0 aliphatic carbocycles. The third-order valence-electron chi connectivity index (χ3n) is 2.74. The van der Waals surface area contributed by atoms with Crippen molar-refractivity contribution in [3.8, 4) is 11.5 Å². The molecule has 5 heteroatoms. The van der Waals surface area contributed by atoms with E-state index in [-0.39, 0.29) is 12.5 Å². The minimum Gasteiger partial charge on any atom is -0.490 e. The summed E-state index contributed by atoms with van der Waals surface area (Å²) in [4.78, 5) is 11.5. The summed E-state index contributed by atoms with van der Waals surface area (Å²) in [7, 11) is 0. The predicted octanol–water partition coefficient (Wildman–Crippen LogP) is 3.24. The molecule has 1 aromatic rings. The van der Waals surface area contributed by atoms with Gasteiger partial charge in [-0.1, -0.05) is 13.3 Å². The monoisotopic (exact) mass is 295 g/mol. The van der Waals surface area contributed by atoms with Crippen LogP contribution in [0.1, 0.15) is 33.6 Å². The molecule has 5 nitrogen and oxygen atoms in total. The van der Waals surface area contributed by atoms with Gasteiger partial charge in [0.25, 0.3) is 0 Å². The van der Waals surface area contributed by atoms with Crippen molar-refractivity contribution in [2.45, 2.75) is 33.6 Å². The van der Waals surface area contributed by atoms with E-state index < -0.39 is 0 Å². The van der Waals surface area contributed by atoms with E-state index in [1.165, 1.54) is 0 Å². The van der Waals surface area contributed by atoms with Gasteiger partial charge in [0.2, 0.25) is 0 Å². The van der Waals surface area contributed by atoms with Gasteiger partial charge in [0.05, 0.1) is 19.8 Å². The number of carbonyl (C=O) groups excluding carboxylic acids is 1. The summed E-state index contributed by atoms with van der Waals surface area (Å²) in [5, 5.41) is 3.03. The highest BCUT2D eigenvalue weighted by molar-refractivity contribution is 5.75. The summed E-state index contributed by atoms with van der Waals surface area (Å²) >= 11 is 0. The third kappa shape index (κ3) is 6.38. The van der Waals surface area contributed by atoms with Crippen molar-refractivity contribution >= 4 is 11.7 Å². The zero-order valence-corrected chi connectivity index (χ0v) is 13.1. The van der Waals surface area contributed by atoms with Gasteiger partial charge >= 0.3 is 5.97 Å². The number of ether oxygens (including phenoxy) is 3. The van der Waals surface area contributed by atoms with E-state index in [1.807, 2.05) is 32.0 Å². The number of rotatable bonds is 10. The van der Waals surface area contributed by atoms with Gasteiger partial charge in [-0.3, -0.25) is 4.79 Å². The first-order valence-corrected chi connectivity index (χ1v) is 7.50. The minimum absolute atomic E-state index is 0.142. The number of esters is 1. The Morgan fingerprint density at radius 3 is 2.48 bits per heavy atom. The van der Waals surface area contributed by atoms with Crippen LogP contribution in [-0.2, 0) is 9.53 Å². The van der Waals surface area contributed by atoms with Crippen molar-refractivity contribution in [3.05, 3.63) is 18.2 Å². The molecule has 0 saturated carbocycles. The fraction of sp³-hybridized carbons (Fsp3) is 0.562. The second kappa shape index (κ2) is 9.91. The van der Waals surface area contributed by atoms with Crippen LogP contribution in [0.2, 0.25) is 0 Å². The minimum atomic E-state index is -0.254. The molecule has 118 valence electrons. The van der Waals surface area contributed by atoms with Crippen LogP contribution in [-0.4, -0.2) is 32.3 Å². The van der Waals surface area contributed by atoms with E-state index >= 15 is 0 Å². The van der Waals surface area contributed by atoms with Crippen molar-refractivity contribution in [2.75, 3.05) is 31.7 Å². The highest BCUT2D eigenvalue weighted by atomic mass is 16.5. The van der Waals surface area contributed by atoms with Crippen LogP contribution in [0.4, 0.5) is 5.69 Å². The SMILES string of the molecule is CCCCOC(=O)CNc1ccc(OCC)c(OCC)c1. The number of carbonyl (C=O) groups is 1. The standard InChI is InChI=1S/C16H25NO4/c1-4-7-10-21-16(18)12-17-13-8-9-14(19-5-2)15(11-13)20-6-3/h8-9,11,17H,4-7,10,12H2,1-3H3. The average molecular weight is 295 g/mol. The van der Waals surface area contributed by atoms with Gasteiger partial charge in [0.1, 0.15) is 6.54 Å². The van der Waals surface area contributed by atoms with E-state index in [1.54, 1.807) is 0 Å². The quantitative estimate of drug-likeness (QED) is 0.530. The first kappa shape index (κ1) is 17.1. The van der Waals surface area contributed by atoms with Crippen molar-refractivity contribution in [3.63, 3.8) is 0 Å². The van der Waals surface area contributed by atoms with Gasteiger partial charge in [-0.15, -0.1) is 0 Å². The number of anilines is 1. The maximum absolute atomic E-state index is 11.5. The molecule has 0 atom stereocenters. The van der Waals surface area contributed by atoms with Gasteiger partial charge in [-0.05, 0) is 32.4 Å². The van der Waals surface area contributed by atoms with Gasteiger partial charge in [-0.2, -0.15) is 0 Å². The lowest BCUT2D eigenvalue weighted by Crippen LogP contribution is -2.17. The topological polar surface area (TPSA) is 56.8 Å². The molecule has 21 heavy (non-hydrogen) atoms. The van der Waals surface area contributed by atoms with Crippen molar-refractivity contribution in [1.82, 2.24) is 0 Å². The fourth-order valence-corrected chi connectivity index (χ4v) is 1.72. The van der Waals surface area contributed by atoms with Gasteiger partial charge in [0.15, 0.2) is 11.5 Å². The Bertz CT molecular complexity index is 434. The first-order valence-electron chi connectivity index (χ1n) is 7.50. The molecule has 0 fully saturated rings. The summed E-state index contributed by atoms with van der Waals surface area (Å²) in [5.41, 5.74) is 0.800. The third-order valence-corrected chi connectivity index (χ3v) is 2.74. The Hall–Kier alpha value is -1.91. The van der Waals surface area contributed by atoms with E-state index in [0.717, 1.165) is 18.5 Å². The van der Waals surface area contributed by atoms with Crippen LogP contribution in [0, 0.1) is 0 Å². The lowest BCUT2D eigenvalue weighted by atomic mass is 10.2. The molecule has 0 bridgehead atoms. The molecule has 0 spiro atoms. The van der Waals surface area contributed by atoms with Crippen molar-refractivity contribution in [1.29, 1.82) is 0 Å². The number of hydrogen-bond acceptors (Lipinski definition) is 5. The Morgan fingerprint density at radius 2 is 1.81 bits per heavy atom. The summed E-state index contributed by atoms with van der Waals surface area (Å²) in [5.74, 6) is 1.12. The molecular formula is C16H25NO4. The Kier molecular flexibility index (Phi) is 8.09. The first-order chi connectivity index (χ1) is 10.2. The van der Waals surface area contributed by atoms with Crippen LogP contribution in [0.5, 0.6) is 11.5 Å². The molecule has 0 saturated heterocycles.